The number of nitrogens with zero attached hydrogens (tertiary/aromatic N) is 5. The van der Waals surface area contributed by atoms with E-state index in [9.17, 15) is 9.18 Å². The van der Waals surface area contributed by atoms with E-state index in [0.29, 0.717) is 11.7 Å². The second-order valence-electron chi connectivity index (χ2n) is 9.41. The molecule has 1 aliphatic heterocycles. The summed E-state index contributed by atoms with van der Waals surface area (Å²) in [6.07, 6.45) is 4.68. The van der Waals surface area contributed by atoms with Crippen LogP contribution < -0.4 is 11.1 Å². The van der Waals surface area contributed by atoms with Crippen LogP contribution in [0.2, 0.25) is 5.02 Å². The minimum absolute atomic E-state index is 0.197. The van der Waals surface area contributed by atoms with Crippen molar-refractivity contribution in [2.24, 2.45) is 12.8 Å². The fourth-order valence-corrected chi connectivity index (χ4v) is 4.75. The van der Waals surface area contributed by atoms with Gasteiger partial charge in [-0.25, -0.2) is 13.9 Å². The van der Waals surface area contributed by atoms with Crippen LogP contribution in [-0.2, 0) is 11.8 Å². The number of benzene rings is 2. The van der Waals surface area contributed by atoms with Crippen LogP contribution in [0.15, 0.2) is 60.9 Å². The molecule has 0 bridgehead atoms. The van der Waals surface area contributed by atoms with Crippen molar-refractivity contribution in [2.45, 2.75) is 19.3 Å². The van der Waals surface area contributed by atoms with E-state index in [2.05, 4.69) is 20.4 Å². The molecule has 9 nitrogen and oxygen atoms in total. The fourth-order valence-electron chi connectivity index (χ4n) is 4.63. The molecule has 1 fully saturated rings. The molecular weight excluding hydrogens is 521 g/mol. The first-order valence-electron chi connectivity index (χ1n) is 12.6. The minimum atomic E-state index is -0.627. The number of nitrogens with two attached hydrogens (primary N) is 1. The number of carbonyl (C=O) groups excluding carboxylic acids is 1. The summed E-state index contributed by atoms with van der Waals surface area (Å²) in [5.41, 5.74) is 9.63. The quantitative estimate of drug-likeness (QED) is 0.336. The lowest BCUT2D eigenvalue weighted by atomic mass is 9.98. The highest BCUT2D eigenvalue weighted by Crippen LogP contribution is 2.30. The molecule has 0 radical (unpaired) electrons. The summed E-state index contributed by atoms with van der Waals surface area (Å²) in [7, 11) is 3.55. The molecule has 11 heteroatoms. The van der Waals surface area contributed by atoms with Crippen LogP contribution in [0.3, 0.4) is 0 Å². The molecule has 0 spiro atoms. The Bertz CT molecular complexity index is 1410. The Balaban J connectivity index is 0.000000187. The molecule has 3 heterocycles. The highest BCUT2D eigenvalue weighted by Gasteiger charge is 2.24. The Labute approximate surface area is 232 Å². The van der Waals surface area contributed by atoms with Gasteiger partial charge in [-0.2, -0.15) is 10.2 Å². The van der Waals surface area contributed by atoms with Crippen molar-refractivity contribution in [1.29, 1.82) is 0 Å². The number of hydrogen-bond acceptors (Lipinski definition) is 5. The number of rotatable bonds is 7. The largest absolute Gasteiger partial charge is 0.383 e. The average Bonchev–Trinajstić information content (AvgIpc) is 3.65. The van der Waals surface area contributed by atoms with Gasteiger partial charge in [-0.1, -0.05) is 35.9 Å². The van der Waals surface area contributed by atoms with Crippen LogP contribution in [0.1, 0.15) is 23.5 Å². The first-order chi connectivity index (χ1) is 18.8. The van der Waals surface area contributed by atoms with Gasteiger partial charge in [0.2, 0.25) is 0 Å². The topological polar surface area (TPSA) is 103 Å². The summed E-state index contributed by atoms with van der Waals surface area (Å²) in [4.78, 5) is 13.7. The monoisotopic (exact) mass is 553 g/mol. The summed E-state index contributed by atoms with van der Waals surface area (Å²) >= 11 is 5.68. The third kappa shape index (κ3) is 7.03. The fraction of sp³-hybridized carbons (Fsp3) is 0.321. The number of nitrogens with one attached hydrogen (secondary N) is 1. The van der Waals surface area contributed by atoms with Gasteiger partial charge in [0.1, 0.15) is 17.3 Å². The molecule has 4 aromatic rings. The Kier molecular flexibility index (Phi) is 9.34. The molecule has 3 N–H and O–H groups in total. The molecule has 2 aromatic heterocycles. The molecule has 1 aliphatic rings. The van der Waals surface area contributed by atoms with Crippen LogP contribution in [0.5, 0.6) is 0 Å². The van der Waals surface area contributed by atoms with Gasteiger partial charge in [-0.15, -0.1) is 0 Å². The second-order valence-corrected chi connectivity index (χ2v) is 9.82. The maximum absolute atomic E-state index is 13.4. The lowest BCUT2D eigenvalue weighted by molar-refractivity contribution is 0.160. The molecule has 1 saturated heterocycles. The molecule has 206 valence electrons. The zero-order valence-electron chi connectivity index (χ0n) is 22.3. The van der Waals surface area contributed by atoms with Gasteiger partial charge in [0.25, 0.3) is 0 Å². The second kappa shape index (κ2) is 12.9. The number of hydrogen-bond donors (Lipinski definition) is 2. The van der Waals surface area contributed by atoms with Crippen molar-refractivity contribution < 1.29 is 13.9 Å². The van der Waals surface area contributed by atoms with E-state index in [4.69, 9.17) is 22.1 Å². The molecule has 1 atom stereocenters. The van der Waals surface area contributed by atoms with E-state index in [1.807, 2.05) is 56.6 Å². The maximum Gasteiger partial charge on any atom is 0.317 e. The van der Waals surface area contributed by atoms with Crippen LogP contribution in [-0.4, -0.2) is 63.8 Å². The van der Waals surface area contributed by atoms with Gasteiger partial charge in [0.05, 0.1) is 23.5 Å². The van der Waals surface area contributed by atoms with Crippen molar-refractivity contribution in [3.63, 3.8) is 0 Å². The molecule has 0 aliphatic carbocycles. The van der Waals surface area contributed by atoms with Crippen LogP contribution >= 0.6 is 11.6 Å². The Morgan fingerprint density at radius 1 is 1.26 bits per heavy atom. The minimum Gasteiger partial charge on any atom is -0.383 e. The molecule has 2 amide bonds. The van der Waals surface area contributed by atoms with Gasteiger partial charge in [-0.05, 0) is 55.6 Å². The molecule has 39 heavy (non-hydrogen) atoms. The number of aromatic nitrogens is 4. The van der Waals surface area contributed by atoms with Gasteiger partial charge in [0, 0.05) is 44.6 Å². The van der Waals surface area contributed by atoms with Crippen molar-refractivity contribution in [2.75, 3.05) is 38.7 Å². The first-order valence-corrected chi connectivity index (χ1v) is 13.0. The average molecular weight is 554 g/mol. The van der Waals surface area contributed by atoms with Crippen molar-refractivity contribution in [1.82, 2.24) is 24.5 Å². The van der Waals surface area contributed by atoms with Crippen molar-refractivity contribution in [3.8, 4) is 16.9 Å². The number of halogens is 2. The molecule has 0 saturated carbocycles. The molecule has 5 rings (SSSR count). The number of primary amides is 1. The SMILES string of the molecule is COCCN1CCC(c2ccc(Cl)c(F)c2)C1.Cc1c(-c2cnn(C)c2)nn(-c2ccccc2)c1NC(N)=O. The van der Waals surface area contributed by atoms with Crippen LogP contribution in [0, 0.1) is 12.7 Å². The number of anilines is 1. The summed E-state index contributed by atoms with van der Waals surface area (Å²) in [5, 5.41) is 11.6. The third-order valence-electron chi connectivity index (χ3n) is 6.64. The summed E-state index contributed by atoms with van der Waals surface area (Å²) in [5.74, 6) is 0.649. The zero-order valence-corrected chi connectivity index (χ0v) is 23.0. The third-order valence-corrected chi connectivity index (χ3v) is 6.95. The number of para-hydroxylation sites is 1. The highest BCUT2D eigenvalue weighted by molar-refractivity contribution is 6.30. The normalized spacial score (nSPS) is 15.2. The summed E-state index contributed by atoms with van der Waals surface area (Å²) in [6, 6.07) is 14.1. The van der Waals surface area contributed by atoms with Gasteiger partial charge in [-0.3, -0.25) is 10.00 Å². The smallest absolute Gasteiger partial charge is 0.317 e. The van der Waals surface area contributed by atoms with Crippen LogP contribution in [0.4, 0.5) is 15.0 Å². The summed E-state index contributed by atoms with van der Waals surface area (Å²) in [6.45, 7) is 5.62. The predicted molar refractivity (Wildman–Crippen MR) is 151 cm³/mol. The van der Waals surface area contributed by atoms with E-state index in [1.165, 1.54) is 0 Å². The van der Waals surface area contributed by atoms with E-state index in [0.717, 1.165) is 60.7 Å². The van der Waals surface area contributed by atoms with E-state index >= 15 is 0 Å². The van der Waals surface area contributed by atoms with E-state index in [-0.39, 0.29) is 10.8 Å². The van der Waals surface area contributed by atoms with Gasteiger partial charge in [0.15, 0.2) is 0 Å². The number of aryl methyl sites for hydroxylation is 1. The zero-order chi connectivity index (χ0) is 27.9. The summed E-state index contributed by atoms with van der Waals surface area (Å²) < 4.78 is 21.8. The Hall–Kier alpha value is -3.73. The highest BCUT2D eigenvalue weighted by atomic mass is 35.5. The number of likely N-dealkylation sites (tertiary alicyclic amines) is 1. The van der Waals surface area contributed by atoms with E-state index < -0.39 is 6.03 Å². The van der Waals surface area contributed by atoms with Crippen LogP contribution in [0.25, 0.3) is 16.9 Å². The number of carbonyl (C=O) groups is 1. The Morgan fingerprint density at radius 2 is 2.03 bits per heavy atom. The van der Waals surface area contributed by atoms with Gasteiger partial charge >= 0.3 is 6.03 Å². The maximum atomic E-state index is 13.4. The molecule has 1 unspecified atom stereocenters. The first kappa shape index (κ1) is 28.3. The lowest BCUT2D eigenvalue weighted by Crippen LogP contribution is -2.24. The lowest BCUT2D eigenvalue weighted by Gasteiger charge is -2.15. The predicted octanol–water partition coefficient (Wildman–Crippen LogP) is 4.99. The number of methoxy groups -OCH3 is 1. The molecule has 2 aromatic carbocycles. The standard InChI is InChI=1S/C15H16N6O.C13H17ClFNO/c1-10-13(11-8-17-20(2)9-11)19-21(14(10)18-15(16)22)12-6-4-3-5-7-12;1-17-7-6-16-5-4-11(9-16)10-2-3-12(14)13(15)8-10/h3-9H,1-2H3,(H3,16,18,22);2-3,8,11H,4-7,9H2,1H3. The van der Waals surface area contributed by atoms with Crippen molar-refractivity contribution >= 4 is 23.4 Å². The van der Waals surface area contributed by atoms with Crippen molar-refractivity contribution in [3.05, 3.63) is 82.9 Å². The van der Waals surface area contributed by atoms with Gasteiger partial charge < -0.3 is 15.4 Å². The Morgan fingerprint density at radius 3 is 2.67 bits per heavy atom. The van der Waals surface area contributed by atoms with E-state index in [1.54, 1.807) is 34.8 Å². The molecular formula is C28H33ClFN7O2. The number of urea groups is 1. The number of amides is 2. The number of ether oxygens (including phenoxy) is 1.